The van der Waals surface area contributed by atoms with Gasteiger partial charge in [0.05, 0.1) is 11.9 Å². The van der Waals surface area contributed by atoms with Crippen LogP contribution in [0.2, 0.25) is 0 Å². The third-order valence-corrected chi connectivity index (χ3v) is 3.97. The molecule has 0 bridgehead atoms. The molecular weight excluding hydrogens is 232 g/mol. The van der Waals surface area contributed by atoms with Crippen LogP contribution in [0.25, 0.3) is 0 Å². The highest BCUT2D eigenvalue weighted by atomic mass is 14.9. The van der Waals surface area contributed by atoms with Crippen molar-refractivity contribution in [1.82, 2.24) is 4.98 Å². The van der Waals surface area contributed by atoms with Gasteiger partial charge in [-0.25, -0.2) is 0 Å². The first-order valence-electron chi connectivity index (χ1n) is 6.96. The molecule has 1 saturated carbocycles. The lowest BCUT2D eigenvalue weighted by molar-refractivity contribution is 0.374. The highest BCUT2D eigenvalue weighted by molar-refractivity contribution is 5.43. The largest absolute Gasteiger partial charge is 0.381 e. The highest BCUT2D eigenvalue weighted by Crippen LogP contribution is 2.38. The van der Waals surface area contributed by atoms with Gasteiger partial charge in [-0.3, -0.25) is 4.98 Å². The van der Waals surface area contributed by atoms with Crippen LogP contribution in [0.3, 0.4) is 0 Å². The molecule has 1 aromatic heterocycles. The van der Waals surface area contributed by atoms with E-state index in [1.54, 1.807) is 0 Å². The summed E-state index contributed by atoms with van der Waals surface area (Å²) in [6, 6.07) is 13.7. The van der Waals surface area contributed by atoms with Crippen LogP contribution in [-0.4, -0.2) is 11.0 Å². The standard InChI is InChI=1S/C17H20N2/c1-12-3-6-14(7-4-12)15-9-17(10-15)19-16-8-5-13(2)18-11-16/h3-8,11,15,17,19H,9-10H2,1-2H3. The van der Waals surface area contributed by atoms with E-state index in [-0.39, 0.29) is 0 Å². The van der Waals surface area contributed by atoms with Crippen molar-refractivity contribution >= 4 is 5.69 Å². The molecular formula is C17H20N2. The van der Waals surface area contributed by atoms with Crippen molar-refractivity contribution in [3.63, 3.8) is 0 Å². The molecule has 0 atom stereocenters. The molecule has 98 valence electrons. The van der Waals surface area contributed by atoms with E-state index in [1.807, 2.05) is 13.1 Å². The van der Waals surface area contributed by atoms with E-state index < -0.39 is 0 Å². The molecule has 1 N–H and O–H groups in total. The molecule has 2 nitrogen and oxygen atoms in total. The van der Waals surface area contributed by atoms with Crippen LogP contribution < -0.4 is 5.32 Å². The Morgan fingerprint density at radius 2 is 1.74 bits per heavy atom. The second-order valence-corrected chi connectivity index (χ2v) is 5.61. The first-order chi connectivity index (χ1) is 9.20. The molecule has 0 aliphatic heterocycles. The smallest absolute Gasteiger partial charge is 0.0529 e. The molecule has 0 unspecified atom stereocenters. The Hall–Kier alpha value is -1.83. The van der Waals surface area contributed by atoms with Gasteiger partial charge in [0, 0.05) is 11.7 Å². The number of nitrogens with zero attached hydrogens (tertiary/aromatic N) is 1. The third-order valence-electron chi connectivity index (χ3n) is 3.97. The monoisotopic (exact) mass is 252 g/mol. The van der Waals surface area contributed by atoms with E-state index in [9.17, 15) is 0 Å². The number of aryl methyl sites for hydroxylation is 2. The van der Waals surface area contributed by atoms with E-state index in [0.29, 0.717) is 6.04 Å². The van der Waals surface area contributed by atoms with Gasteiger partial charge < -0.3 is 5.32 Å². The summed E-state index contributed by atoms with van der Waals surface area (Å²) in [6.07, 6.45) is 4.36. The van der Waals surface area contributed by atoms with Crippen LogP contribution in [0, 0.1) is 13.8 Å². The van der Waals surface area contributed by atoms with Crippen LogP contribution in [0.4, 0.5) is 5.69 Å². The molecule has 1 fully saturated rings. The van der Waals surface area contributed by atoms with E-state index in [4.69, 9.17) is 0 Å². The van der Waals surface area contributed by atoms with E-state index in [2.05, 4.69) is 53.6 Å². The second-order valence-electron chi connectivity index (χ2n) is 5.61. The number of hydrogen-bond acceptors (Lipinski definition) is 2. The fraction of sp³-hybridized carbons (Fsp3) is 0.353. The lowest BCUT2D eigenvalue weighted by Gasteiger charge is -2.36. The first kappa shape index (κ1) is 12.2. The molecule has 0 amide bonds. The third kappa shape index (κ3) is 2.78. The molecule has 0 saturated heterocycles. The minimum atomic E-state index is 0.593. The molecule has 0 spiro atoms. The lowest BCUT2D eigenvalue weighted by Crippen LogP contribution is -2.34. The summed E-state index contributed by atoms with van der Waals surface area (Å²) in [5.41, 5.74) is 5.02. The van der Waals surface area contributed by atoms with Crippen molar-refractivity contribution in [2.45, 2.75) is 38.6 Å². The Kier molecular flexibility index (Phi) is 3.24. The fourth-order valence-corrected chi connectivity index (χ4v) is 2.64. The normalized spacial score (nSPS) is 21.8. The van der Waals surface area contributed by atoms with Crippen molar-refractivity contribution < 1.29 is 0 Å². The topological polar surface area (TPSA) is 24.9 Å². The number of rotatable bonds is 3. The van der Waals surface area contributed by atoms with Crippen LogP contribution >= 0.6 is 0 Å². The van der Waals surface area contributed by atoms with Gasteiger partial charge in [0.1, 0.15) is 0 Å². The maximum absolute atomic E-state index is 4.31. The minimum Gasteiger partial charge on any atom is -0.381 e. The van der Waals surface area contributed by atoms with Gasteiger partial charge in [0.15, 0.2) is 0 Å². The molecule has 1 heterocycles. The van der Waals surface area contributed by atoms with Crippen molar-refractivity contribution in [3.8, 4) is 0 Å². The summed E-state index contributed by atoms with van der Waals surface area (Å²) in [4.78, 5) is 4.31. The van der Waals surface area contributed by atoms with Gasteiger partial charge in [-0.15, -0.1) is 0 Å². The Morgan fingerprint density at radius 3 is 2.37 bits per heavy atom. The zero-order chi connectivity index (χ0) is 13.2. The summed E-state index contributed by atoms with van der Waals surface area (Å²) in [5, 5.41) is 3.55. The Morgan fingerprint density at radius 1 is 1.00 bits per heavy atom. The van der Waals surface area contributed by atoms with Gasteiger partial charge in [0.2, 0.25) is 0 Å². The van der Waals surface area contributed by atoms with E-state index in [0.717, 1.165) is 17.3 Å². The summed E-state index contributed by atoms with van der Waals surface area (Å²) in [6.45, 7) is 4.15. The lowest BCUT2D eigenvalue weighted by atomic mass is 9.75. The number of anilines is 1. The quantitative estimate of drug-likeness (QED) is 0.891. The van der Waals surface area contributed by atoms with Crippen LogP contribution in [0.15, 0.2) is 42.6 Å². The first-order valence-corrected chi connectivity index (χ1v) is 6.96. The number of pyridine rings is 1. The van der Waals surface area contributed by atoms with Crippen molar-refractivity contribution in [2.24, 2.45) is 0 Å². The summed E-state index contributed by atoms with van der Waals surface area (Å²) in [7, 11) is 0. The molecule has 1 aliphatic carbocycles. The van der Waals surface area contributed by atoms with Gasteiger partial charge in [-0.05, 0) is 50.3 Å². The van der Waals surface area contributed by atoms with Crippen molar-refractivity contribution in [2.75, 3.05) is 5.32 Å². The zero-order valence-corrected chi connectivity index (χ0v) is 11.6. The Balaban J connectivity index is 1.55. The number of hydrogen-bond donors (Lipinski definition) is 1. The molecule has 3 rings (SSSR count). The predicted molar refractivity (Wildman–Crippen MR) is 79.5 cm³/mol. The zero-order valence-electron chi connectivity index (χ0n) is 11.6. The van der Waals surface area contributed by atoms with Gasteiger partial charge in [-0.1, -0.05) is 29.8 Å². The fourth-order valence-electron chi connectivity index (χ4n) is 2.64. The summed E-state index contributed by atoms with van der Waals surface area (Å²) in [5.74, 6) is 0.719. The summed E-state index contributed by atoms with van der Waals surface area (Å²) < 4.78 is 0. The molecule has 1 aromatic carbocycles. The SMILES string of the molecule is Cc1ccc(C2CC(Nc3ccc(C)nc3)C2)cc1. The maximum Gasteiger partial charge on any atom is 0.0529 e. The van der Waals surface area contributed by atoms with Crippen LogP contribution in [-0.2, 0) is 0 Å². The average Bonchev–Trinajstić information content (AvgIpc) is 2.37. The molecule has 2 heteroatoms. The van der Waals surface area contributed by atoms with Crippen molar-refractivity contribution in [1.29, 1.82) is 0 Å². The van der Waals surface area contributed by atoms with Gasteiger partial charge in [-0.2, -0.15) is 0 Å². The van der Waals surface area contributed by atoms with E-state index >= 15 is 0 Å². The van der Waals surface area contributed by atoms with Crippen LogP contribution in [0.5, 0.6) is 0 Å². The molecule has 1 aliphatic rings. The molecule has 2 aromatic rings. The molecule has 19 heavy (non-hydrogen) atoms. The predicted octanol–water partition coefficient (Wildman–Crippen LogP) is 4.06. The Labute approximate surface area is 114 Å². The number of benzene rings is 1. The van der Waals surface area contributed by atoms with Crippen LogP contribution in [0.1, 0.15) is 35.6 Å². The Bertz CT molecular complexity index is 536. The average molecular weight is 252 g/mol. The van der Waals surface area contributed by atoms with Gasteiger partial charge in [0.25, 0.3) is 0 Å². The highest BCUT2D eigenvalue weighted by Gasteiger charge is 2.29. The number of nitrogens with one attached hydrogen (secondary N) is 1. The summed E-state index contributed by atoms with van der Waals surface area (Å²) >= 11 is 0. The molecule has 0 radical (unpaired) electrons. The maximum atomic E-state index is 4.31. The minimum absolute atomic E-state index is 0.593. The van der Waals surface area contributed by atoms with Crippen molar-refractivity contribution in [3.05, 3.63) is 59.4 Å². The second kappa shape index (κ2) is 5.04. The van der Waals surface area contributed by atoms with Gasteiger partial charge >= 0.3 is 0 Å². The van der Waals surface area contributed by atoms with E-state index in [1.165, 1.54) is 24.0 Å². The number of aromatic nitrogens is 1.